The van der Waals surface area contributed by atoms with Crippen molar-refractivity contribution in [2.75, 3.05) is 80.8 Å². The van der Waals surface area contributed by atoms with Crippen LogP contribution in [0.2, 0.25) is 0 Å². The number of rotatable bonds is 5. The van der Waals surface area contributed by atoms with Crippen LogP contribution < -0.4 is 20.4 Å². The lowest BCUT2D eigenvalue weighted by Gasteiger charge is -2.30. The Morgan fingerprint density at radius 1 is 1.00 bits per heavy atom. The van der Waals surface area contributed by atoms with Gasteiger partial charge in [0.2, 0.25) is 17.8 Å². The first kappa shape index (κ1) is 15.2. The number of nitrogens with zero attached hydrogens (tertiary/aromatic N) is 5. The van der Waals surface area contributed by atoms with E-state index in [1.165, 1.54) is 0 Å². The summed E-state index contributed by atoms with van der Waals surface area (Å²) in [7, 11) is 0. The monoisotopic (exact) mass is 309 g/mol. The molecule has 9 nitrogen and oxygen atoms in total. The Hall–Kier alpha value is -1.71. The maximum Gasteiger partial charge on any atom is 0.232 e. The highest BCUT2D eigenvalue weighted by Gasteiger charge is 2.20. The molecule has 0 amide bonds. The third-order valence-electron chi connectivity index (χ3n) is 3.70. The van der Waals surface area contributed by atoms with E-state index in [0.717, 1.165) is 39.3 Å². The molecule has 0 radical (unpaired) electrons. The van der Waals surface area contributed by atoms with Crippen LogP contribution in [0.1, 0.15) is 0 Å². The van der Waals surface area contributed by atoms with Crippen molar-refractivity contribution in [3.63, 3.8) is 0 Å². The van der Waals surface area contributed by atoms with Gasteiger partial charge in [-0.1, -0.05) is 0 Å². The van der Waals surface area contributed by atoms with E-state index in [1.54, 1.807) is 0 Å². The average Bonchev–Trinajstić information content (AvgIpc) is 2.61. The van der Waals surface area contributed by atoms with Crippen LogP contribution >= 0.6 is 0 Å². The smallest absolute Gasteiger partial charge is 0.232 e. The lowest BCUT2D eigenvalue weighted by atomic mass is 10.4. The van der Waals surface area contributed by atoms with Crippen LogP contribution in [-0.4, -0.2) is 85.7 Å². The van der Waals surface area contributed by atoms with E-state index in [-0.39, 0.29) is 6.61 Å². The highest BCUT2D eigenvalue weighted by atomic mass is 16.5. The summed E-state index contributed by atoms with van der Waals surface area (Å²) in [5.74, 6) is 1.88. The lowest BCUT2D eigenvalue weighted by molar-refractivity contribution is 0.122. The fourth-order valence-corrected chi connectivity index (χ4v) is 2.51. The van der Waals surface area contributed by atoms with Gasteiger partial charge in [-0.15, -0.1) is 0 Å². The Morgan fingerprint density at radius 2 is 1.64 bits per heavy atom. The maximum absolute atomic E-state index is 8.98. The predicted molar refractivity (Wildman–Crippen MR) is 83.5 cm³/mol. The molecule has 122 valence electrons. The highest BCUT2D eigenvalue weighted by Crippen LogP contribution is 2.18. The van der Waals surface area contributed by atoms with E-state index in [2.05, 4.69) is 35.4 Å². The molecule has 0 atom stereocenters. The minimum absolute atomic E-state index is 0.0432. The van der Waals surface area contributed by atoms with Crippen LogP contribution in [0.15, 0.2) is 0 Å². The molecule has 3 N–H and O–H groups in total. The van der Waals surface area contributed by atoms with Crippen molar-refractivity contribution in [2.24, 2.45) is 0 Å². The molecule has 3 heterocycles. The number of aromatic nitrogens is 3. The molecule has 0 aliphatic carbocycles. The Bertz CT molecular complexity index is 439. The minimum Gasteiger partial charge on any atom is -0.395 e. The van der Waals surface area contributed by atoms with E-state index < -0.39 is 0 Å². The molecule has 2 aliphatic heterocycles. The molecule has 0 aromatic carbocycles. The van der Waals surface area contributed by atoms with Gasteiger partial charge in [0.15, 0.2) is 0 Å². The molecular formula is C13H23N7O2. The molecule has 0 bridgehead atoms. The number of nitrogens with one attached hydrogen (secondary N) is 2. The van der Waals surface area contributed by atoms with E-state index in [1.807, 2.05) is 0 Å². The second-order valence-corrected chi connectivity index (χ2v) is 5.25. The van der Waals surface area contributed by atoms with Crippen LogP contribution in [0, 0.1) is 0 Å². The van der Waals surface area contributed by atoms with E-state index in [4.69, 9.17) is 9.84 Å². The number of piperazine rings is 1. The highest BCUT2D eigenvalue weighted by molar-refractivity contribution is 5.45. The van der Waals surface area contributed by atoms with Crippen molar-refractivity contribution < 1.29 is 9.84 Å². The standard InChI is InChI=1S/C13H23N7O2/c21-8-3-15-11-16-12(19-4-1-14-2-5-19)18-13(17-11)20-6-9-22-10-7-20/h14,21H,1-10H2,(H,15,16,17,18). The molecule has 1 aromatic heterocycles. The second kappa shape index (κ2) is 7.52. The first-order chi connectivity index (χ1) is 10.9. The van der Waals surface area contributed by atoms with Gasteiger partial charge >= 0.3 is 0 Å². The van der Waals surface area contributed by atoms with Crippen LogP contribution in [0.25, 0.3) is 0 Å². The summed E-state index contributed by atoms with van der Waals surface area (Å²) >= 11 is 0. The predicted octanol–water partition coefficient (Wildman–Crippen LogP) is -1.48. The molecule has 0 unspecified atom stereocenters. The molecule has 1 aromatic rings. The van der Waals surface area contributed by atoms with Crippen molar-refractivity contribution in [2.45, 2.75) is 0 Å². The van der Waals surface area contributed by atoms with E-state index in [0.29, 0.717) is 37.6 Å². The second-order valence-electron chi connectivity index (χ2n) is 5.25. The number of anilines is 3. The molecule has 0 spiro atoms. The zero-order valence-electron chi connectivity index (χ0n) is 12.7. The molecule has 0 saturated carbocycles. The molecule has 2 aliphatic rings. The Balaban J connectivity index is 1.83. The summed E-state index contributed by atoms with van der Waals surface area (Å²) in [4.78, 5) is 17.9. The van der Waals surface area contributed by atoms with E-state index >= 15 is 0 Å². The topological polar surface area (TPSA) is 98.7 Å². The summed E-state index contributed by atoms with van der Waals surface area (Å²) in [6.07, 6.45) is 0. The quantitative estimate of drug-likeness (QED) is 0.601. The molecule has 9 heteroatoms. The van der Waals surface area contributed by atoms with Gasteiger partial charge in [-0.25, -0.2) is 0 Å². The Labute approximate surface area is 129 Å². The summed E-state index contributed by atoms with van der Waals surface area (Å²) in [6.45, 7) is 7.03. The third kappa shape index (κ3) is 3.73. The van der Waals surface area contributed by atoms with E-state index in [9.17, 15) is 0 Å². The average molecular weight is 309 g/mol. The maximum atomic E-state index is 8.98. The zero-order chi connectivity index (χ0) is 15.2. The normalized spacial score (nSPS) is 19.3. The van der Waals surface area contributed by atoms with Crippen LogP contribution in [0.5, 0.6) is 0 Å². The molecule has 3 rings (SSSR count). The zero-order valence-corrected chi connectivity index (χ0v) is 12.7. The minimum atomic E-state index is 0.0432. The summed E-state index contributed by atoms with van der Waals surface area (Å²) < 4.78 is 5.38. The van der Waals surface area contributed by atoms with Crippen molar-refractivity contribution in [3.8, 4) is 0 Å². The summed E-state index contributed by atoms with van der Waals surface area (Å²) in [6, 6.07) is 0. The number of hydrogen-bond acceptors (Lipinski definition) is 9. The fourth-order valence-electron chi connectivity index (χ4n) is 2.51. The van der Waals surface area contributed by atoms with Crippen molar-refractivity contribution in [3.05, 3.63) is 0 Å². The molecule has 2 fully saturated rings. The van der Waals surface area contributed by atoms with Gasteiger partial charge in [-0.05, 0) is 0 Å². The van der Waals surface area contributed by atoms with Crippen LogP contribution in [0.3, 0.4) is 0 Å². The Morgan fingerprint density at radius 3 is 2.27 bits per heavy atom. The van der Waals surface area contributed by atoms with Crippen molar-refractivity contribution >= 4 is 17.8 Å². The fraction of sp³-hybridized carbons (Fsp3) is 0.769. The van der Waals surface area contributed by atoms with Gasteiger partial charge in [0.1, 0.15) is 0 Å². The molecular weight excluding hydrogens is 286 g/mol. The summed E-state index contributed by atoms with van der Waals surface area (Å²) in [5.41, 5.74) is 0. The van der Waals surface area contributed by atoms with Gasteiger partial charge in [-0.3, -0.25) is 0 Å². The first-order valence-electron chi connectivity index (χ1n) is 7.76. The van der Waals surface area contributed by atoms with Gasteiger partial charge < -0.3 is 30.3 Å². The third-order valence-corrected chi connectivity index (χ3v) is 3.70. The largest absolute Gasteiger partial charge is 0.395 e. The van der Waals surface area contributed by atoms with Crippen LogP contribution in [0.4, 0.5) is 17.8 Å². The number of aliphatic hydroxyl groups is 1. The molecule has 22 heavy (non-hydrogen) atoms. The van der Waals surface area contributed by atoms with Gasteiger partial charge in [0, 0.05) is 45.8 Å². The number of morpholine rings is 1. The lowest BCUT2D eigenvalue weighted by Crippen LogP contribution is -2.45. The van der Waals surface area contributed by atoms with Gasteiger partial charge in [-0.2, -0.15) is 15.0 Å². The number of aliphatic hydroxyl groups excluding tert-OH is 1. The van der Waals surface area contributed by atoms with Crippen LogP contribution in [-0.2, 0) is 4.74 Å². The SMILES string of the molecule is OCCNc1nc(N2CCNCC2)nc(N2CCOCC2)n1. The first-order valence-corrected chi connectivity index (χ1v) is 7.76. The van der Waals surface area contributed by atoms with Crippen molar-refractivity contribution in [1.82, 2.24) is 20.3 Å². The number of hydrogen-bond donors (Lipinski definition) is 3. The Kier molecular flexibility index (Phi) is 5.20. The molecule has 2 saturated heterocycles. The van der Waals surface area contributed by atoms with Gasteiger partial charge in [0.05, 0.1) is 19.8 Å². The summed E-state index contributed by atoms with van der Waals surface area (Å²) in [5, 5.41) is 15.3. The van der Waals surface area contributed by atoms with Gasteiger partial charge in [0.25, 0.3) is 0 Å². The van der Waals surface area contributed by atoms with Crippen molar-refractivity contribution in [1.29, 1.82) is 0 Å². The number of ether oxygens (including phenoxy) is 1.